The van der Waals surface area contributed by atoms with Gasteiger partial charge in [0.05, 0.1) is 12.2 Å². The maximum Gasteiger partial charge on any atom is 0.163 e. The third-order valence-electron chi connectivity index (χ3n) is 2.09. The van der Waals surface area contributed by atoms with Gasteiger partial charge in [-0.05, 0) is 27.3 Å². The second-order valence-corrected chi connectivity index (χ2v) is 3.68. The number of ether oxygens (including phenoxy) is 2. The summed E-state index contributed by atoms with van der Waals surface area (Å²) >= 11 is 0. The Kier molecular flexibility index (Phi) is 3.09. The van der Waals surface area contributed by atoms with Crippen LogP contribution in [0.3, 0.4) is 0 Å². The zero-order valence-corrected chi connectivity index (χ0v) is 8.39. The quantitative estimate of drug-likeness (QED) is 0.694. The second kappa shape index (κ2) is 3.73. The highest BCUT2D eigenvalue weighted by Gasteiger charge is 2.39. The molecular weight excluding hydrogens is 154 g/mol. The van der Waals surface area contributed by atoms with Gasteiger partial charge in [0, 0.05) is 6.54 Å². The van der Waals surface area contributed by atoms with Crippen LogP contribution in [-0.4, -0.2) is 31.6 Å². The summed E-state index contributed by atoms with van der Waals surface area (Å²) in [5, 5.41) is 3.11. The molecule has 12 heavy (non-hydrogen) atoms. The molecule has 2 atom stereocenters. The van der Waals surface area contributed by atoms with Crippen LogP contribution in [0.15, 0.2) is 0 Å². The first kappa shape index (κ1) is 9.96. The van der Waals surface area contributed by atoms with Crippen LogP contribution >= 0.6 is 0 Å². The molecule has 0 aliphatic carbocycles. The van der Waals surface area contributed by atoms with Crippen molar-refractivity contribution in [1.82, 2.24) is 5.32 Å². The number of hydrogen-bond acceptors (Lipinski definition) is 3. The summed E-state index contributed by atoms with van der Waals surface area (Å²) in [6, 6.07) is 0. The monoisotopic (exact) mass is 173 g/mol. The lowest BCUT2D eigenvalue weighted by Crippen LogP contribution is -2.32. The molecule has 0 radical (unpaired) electrons. The van der Waals surface area contributed by atoms with Crippen LogP contribution in [0.25, 0.3) is 0 Å². The second-order valence-electron chi connectivity index (χ2n) is 3.68. The van der Waals surface area contributed by atoms with E-state index < -0.39 is 5.79 Å². The lowest BCUT2D eigenvalue weighted by atomic mass is 10.1. The molecule has 72 valence electrons. The molecule has 1 saturated heterocycles. The van der Waals surface area contributed by atoms with Gasteiger partial charge in [-0.1, -0.05) is 6.92 Å². The van der Waals surface area contributed by atoms with E-state index in [1.165, 1.54) is 0 Å². The Bertz CT molecular complexity index is 147. The van der Waals surface area contributed by atoms with Gasteiger partial charge in [-0.25, -0.2) is 0 Å². The Morgan fingerprint density at radius 1 is 1.25 bits per heavy atom. The molecule has 0 bridgehead atoms. The molecule has 1 aliphatic rings. The highest BCUT2D eigenvalue weighted by Crippen LogP contribution is 2.29. The molecule has 1 rings (SSSR count). The Morgan fingerprint density at radius 3 is 2.33 bits per heavy atom. The number of likely N-dealkylation sites (N-methyl/N-ethyl adjacent to an activating group) is 1. The fraction of sp³-hybridized carbons (Fsp3) is 1.00. The molecule has 0 aromatic rings. The molecule has 0 aromatic carbocycles. The van der Waals surface area contributed by atoms with E-state index >= 15 is 0 Å². The topological polar surface area (TPSA) is 30.5 Å². The molecule has 3 nitrogen and oxygen atoms in total. The first-order valence-corrected chi connectivity index (χ1v) is 4.59. The predicted octanol–water partition coefficient (Wildman–Crippen LogP) is 1.14. The van der Waals surface area contributed by atoms with Crippen LogP contribution in [0.4, 0.5) is 0 Å². The lowest BCUT2D eigenvalue weighted by molar-refractivity contribution is -0.146. The summed E-state index contributed by atoms with van der Waals surface area (Å²) in [7, 11) is 1.93. The van der Waals surface area contributed by atoms with Crippen LogP contribution in [-0.2, 0) is 9.47 Å². The van der Waals surface area contributed by atoms with Crippen molar-refractivity contribution >= 4 is 0 Å². The normalized spacial score (nSPS) is 34.0. The summed E-state index contributed by atoms with van der Waals surface area (Å²) < 4.78 is 11.4. The van der Waals surface area contributed by atoms with Crippen molar-refractivity contribution in [2.24, 2.45) is 0 Å². The lowest BCUT2D eigenvalue weighted by Gasteiger charge is -2.16. The van der Waals surface area contributed by atoms with Gasteiger partial charge in [-0.3, -0.25) is 0 Å². The van der Waals surface area contributed by atoms with Crippen LogP contribution in [0.2, 0.25) is 0 Å². The van der Waals surface area contributed by atoms with E-state index in [9.17, 15) is 0 Å². The van der Waals surface area contributed by atoms with Gasteiger partial charge in [-0.2, -0.15) is 0 Å². The summed E-state index contributed by atoms with van der Waals surface area (Å²) in [5.41, 5.74) is 0. The van der Waals surface area contributed by atoms with Crippen LogP contribution in [0, 0.1) is 0 Å². The Morgan fingerprint density at radius 2 is 1.83 bits per heavy atom. The van der Waals surface area contributed by atoms with E-state index in [1.54, 1.807) is 0 Å². The molecule has 0 amide bonds. The SMILES string of the molecule is CC[C@@H]1OC(C)(C)O[C@H]1CNC. The van der Waals surface area contributed by atoms with E-state index in [-0.39, 0.29) is 12.2 Å². The summed E-state index contributed by atoms with van der Waals surface area (Å²) in [4.78, 5) is 0. The van der Waals surface area contributed by atoms with Crippen molar-refractivity contribution < 1.29 is 9.47 Å². The maximum absolute atomic E-state index is 5.71. The Hall–Kier alpha value is -0.120. The zero-order chi connectivity index (χ0) is 9.19. The Balaban J connectivity index is 2.50. The van der Waals surface area contributed by atoms with Gasteiger partial charge in [0.1, 0.15) is 0 Å². The van der Waals surface area contributed by atoms with Crippen molar-refractivity contribution in [3.05, 3.63) is 0 Å². The minimum atomic E-state index is -0.401. The largest absolute Gasteiger partial charge is 0.345 e. The van der Waals surface area contributed by atoms with Gasteiger partial charge in [0.15, 0.2) is 5.79 Å². The molecule has 0 spiro atoms. The van der Waals surface area contributed by atoms with Gasteiger partial charge in [0.25, 0.3) is 0 Å². The van der Waals surface area contributed by atoms with E-state index in [4.69, 9.17) is 9.47 Å². The third kappa shape index (κ3) is 2.19. The molecule has 1 heterocycles. The van der Waals surface area contributed by atoms with Crippen molar-refractivity contribution in [2.75, 3.05) is 13.6 Å². The smallest absolute Gasteiger partial charge is 0.163 e. The van der Waals surface area contributed by atoms with Crippen LogP contribution in [0.1, 0.15) is 27.2 Å². The molecule has 1 aliphatic heterocycles. The minimum absolute atomic E-state index is 0.204. The molecule has 0 aromatic heterocycles. The zero-order valence-electron chi connectivity index (χ0n) is 8.39. The van der Waals surface area contributed by atoms with E-state index in [0.717, 1.165) is 13.0 Å². The molecular formula is C9H19NO2. The summed E-state index contributed by atoms with van der Waals surface area (Å²) in [5.74, 6) is -0.401. The predicted molar refractivity (Wildman–Crippen MR) is 48.0 cm³/mol. The van der Waals surface area contributed by atoms with E-state index in [1.807, 2.05) is 20.9 Å². The number of nitrogens with one attached hydrogen (secondary N) is 1. The first-order valence-electron chi connectivity index (χ1n) is 4.59. The van der Waals surface area contributed by atoms with Gasteiger partial charge in [-0.15, -0.1) is 0 Å². The van der Waals surface area contributed by atoms with E-state index in [0.29, 0.717) is 0 Å². The maximum atomic E-state index is 5.71. The van der Waals surface area contributed by atoms with Crippen molar-refractivity contribution in [1.29, 1.82) is 0 Å². The average Bonchev–Trinajstić information content (AvgIpc) is 2.26. The van der Waals surface area contributed by atoms with Crippen molar-refractivity contribution in [3.63, 3.8) is 0 Å². The van der Waals surface area contributed by atoms with Crippen molar-refractivity contribution in [3.8, 4) is 0 Å². The van der Waals surface area contributed by atoms with Gasteiger partial charge < -0.3 is 14.8 Å². The fourth-order valence-electron chi connectivity index (χ4n) is 1.63. The molecule has 0 saturated carbocycles. The minimum Gasteiger partial charge on any atom is -0.345 e. The molecule has 3 heteroatoms. The fourth-order valence-corrected chi connectivity index (χ4v) is 1.63. The van der Waals surface area contributed by atoms with E-state index in [2.05, 4.69) is 12.2 Å². The average molecular weight is 173 g/mol. The molecule has 1 fully saturated rings. The number of hydrogen-bond donors (Lipinski definition) is 1. The highest BCUT2D eigenvalue weighted by atomic mass is 16.7. The van der Waals surface area contributed by atoms with Crippen LogP contribution < -0.4 is 5.32 Å². The van der Waals surface area contributed by atoms with Gasteiger partial charge in [0.2, 0.25) is 0 Å². The Labute approximate surface area is 74.4 Å². The standard InChI is InChI=1S/C9H19NO2/c1-5-7-8(6-10-4)12-9(2,3)11-7/h7-8,10H,5-6H2,1-4H3/t7-,8-/m0/s1. The first-order chi connectivity index (χ1) is 5.59. The molecule has 1 N–H and O–H groups in total. The third-order valence-corrected chi connectivity index (χ3v) is 2.09. The van der Waals surface area contributed by atoms with Crippen LogP contribution in [0.5, 0.6) is 0 Å². The number of rotatable bonds is 3. The van der Waals surface area contributed by atoms with Gasteiger partial charge >= 0.3 is 0 Å². The highest BCUT2D eigenvalue weighted by molar-refractivity contribution is 4.81. The summed E-state index contributed by atoms with van der Waals surface area (Å²) in [6.45, 7) is 6.91. The van der Waals surface area contributed by atoms with Crippen molar-refractivity contribution in [2.45, 2.75) is 45.2 Å². The summed E-state index contributed by atoms with van der Waals surface area (Å²) in [6.07, 6.45) is 1.46. The molecule has 0 unspecified atom stereocenters.